The van der Waals surface area contributed by atoms with E-state index in [-0.39, 0.29) is 12.6 Å². The first-order valence-electron chi connectivity index (χ1n) is 7.28. The number of halogens is 1. The van der Waals surface area contributed by atoms with Gasteiger partial charge in [0, 0.05) is 18.4 Å². The van der Waals surface area contributed by atoms with Gasteiger partial charge in [0.1, 0.15) is 0 Å². The van der Waals surface area contributed by atoms with E-state index in [0.717, 1.165) is 25.0 Å². The summed E-state index contributed by atoms with van der Waals surface area (Å²) >= 11 is 3.75. The molecule has 0 aromatic carbocycles. The molecule has 1 aliphatic carbocycles. The predicted molar refractivity (Wildman–Crippen MR) is 77.2 cm³/mol. The van der Waals surface area contributed by atoms with Crippen molar-refractivity contribution in [3.8, 4) is 0 Å². The lowest BCUT2D eigenvalue weighted by molar-refractivity contribution is -0.0437. The van der Waals surface area contributed by atoms with Crippen molar-refractivity contribution in [3.05, 3.63) is 0 Å². The third-order valence-corrected chi connectivity index (χ3v) is 5.74. The van der Waals surface area contributed by atoms with Gasteiger partial charge in [-0.2, -0.15) is 0 Å². The number of aliphatic hydroxyl groups is 1. The van der Waals surface area contributed by atoms with Crippen molar-refractivity contribution in [2.45, 2.75) is 44.6 Å². The van der Waals surface area contributed by atoms with Gasteiger partial charge in [-0.1, -0.05) is 41.6 Å². The Balaban J connectivity index is 1.98. The molecule has 0 bridgehead atoms. The van der Waals surface area contributed by atoms with E-state index in [9.17, 15) is 5.11 Å². The third kappa shape index (κ3) is 3.69. The highest BCUT2D eigenvalue weighted by molar-refractivity contribution is 9.09. The maximum atomic E-state index is 9.47. The molecular weight excluding hydrogens is 294 g/mol. The Morgan fingerprint density at radius 3 is 2.56 bits per heavy atom. The number of hydrogen-bond donors (Lipinski definition) is 1. The number of aliphatic hydroxyl groups excluding tert-OH is 1. The lowest BCUT2D eigenvalue weighted by Gasteiger charge is -2.42. The van der Waals surface area contributed by atoms with Crippen LogP contribution >= 0.6 is 15.9 Å². The van der Waals surface area contributed by atoms with Crippen LogP contribution in [0, 0.1) is 5.41 Å². The van der Waals surface area contributed by atoms with E-state index in [1.165, 1.54) is 38.5 Å². The summed E-state index contributed by atoms with van der Waals surface area (Å²) in [6.07, 6.45) is 8.16. The quantitative estimate of drug-likeness (QED) is 0.638. The zero-order valence-corrected chi connectivity index (χ0v) is 12.8. The van der Waals surface area contributed by atoms with E-state index < -0.39 is 0 Å². The van der Waals surface area contributed by atoms with Gasteiger partial charge in [0.2, 0.25) is 0 Å². The van der Waals surface area contributed by atoms with Gasteiger partial charge in [0.05, 0.1) is 25.9 Å². The summed E-state index contributed by atoms with van der Waals surface area (Å²) in [6.45, 7) is 3.81. The lowest BCUT2D eigenvalue weighted by atomic mass is 9.81. The minimum absolute atomic E-state index is 0.206. The van der Waals surface area contributed by atoms with Crippen molar-refractivity contribution in [2.75, 3.05) is 38.2 Å². The van der Waals surface area contributed by atoms with Gasteiger partial charge in [-0.05, 0) is 18.3 Å². The molecule has 0 radical (unpaired) electrons. The normalized spacial score (nSPS) is 30.0. The molecule has 1 atom stereocenters. The highest BCUT2D eigenvalue weighted by Gasteiger charge is 2.34. The zero-order chi connectivity index (χ0) is 12.8. The van der Waals surface area contributed by atoms with Crippen molar-refractivity contribution in [1.29, 1.82) is 0 Å². The molecule has 1 unspecified atom stereocenters. The van der Waals surface area contributed by atoms with Gasteiger partial charge >= 0.3 is 0 Å². The molecular formula is C14H26BrNO2. The van der Waals surface area contributed by atoms with Gasteiger partial charge < -0.3 is 9.84 Å². The molecule has 2 rings (SSSR count). The van der Waals surface area contributed by atoms with Gasteiger partial charge in [-0.3, -0.25) is 4.90 Å². The number of rotatable bonds is 4. The van der Waals surface area contributed by atoms with E-state index in [1.807, 2.05) is 0 Å². The average molecular weight is 320 g/mol. The van der Waals surface area contributed by atoms with Crippen molar-refractivity contribution in [3.63, 3.8) is 0 Å². The summed E-state index contributed by atoms with van der Waals surface area (Å²) in [5, 5.41) is 10.6. The number of morpholine rings is 1. The predicted octanol–water partition coefficient (Wildman–Crippen LogP) is 2.42. The molecule has 1 N–H and O–H groups in total. The lowest BCUT2D eigenvalue weighted by Crippen LogP contribution is -2.52. The Morgan fingerprint density at radius 1 is 1.22 bits per heavy atom. The van der Waals surface area contributed by atoms with Crippen molar-refractivity contribution >= 4 is 15.9 Å². The zero-order valence-electron chi connectivity index (χ0n) is 11.2. The smallest absolute Gasteiger partial charge is 0.0644 e. The van der Waals surface area contributed by atoms with Crippen LogP contribution in [0.3, 0.4) is 0 Å². The molecule has 1 saturated heterocycles. The number of ether oxygens (including phenoxy) is 1. The fourth-order valence-corrected chi connectivity index (χ4v) is 4.05. The molecule has 0 amide bonds. The molecule has 1 aliphatic heterocycles. The van der Waals surface area contributed by atoms with Crippen LogP contribution in [0.2, 0.25) is 0 Å². The topological polar surface area (TPSA) is 32.7 Å². The Labute approximate surface area is 119 Å². The maximum Gasteiger partial charge on any atom is 0.0644 e. The monoisotopic (exact) mass is 319 g/mol. The van der Waals surface area contributed by atoms with Crippen molar-refractivity contribution < 1.29 is 9.84 Å². The van der Waals surface area contributed by atoms with Crippen LogP contribution in [-0.4, -0.2) is 54.3 Å². The molecule has 0 spiro atoms. The molecule has 106 valence electrons. The second-order valence-electron chi connectivity index (χ2n) is 5.93. The van der Waals surface area contributed by atoms with Crippen LogP contribution in [0.4, 0.5) is 0 Å². The van der Waals surface area contributed by atoms with Crippen LogP contribution in [-0.2, 0) is 4.74 Å². The fourth-order valence-electron chi connectivity index (χ4n) is 3.31. The van der Waals surface area contributed by atoms with E-state index in [0.29, 0.717) is 12.0 Å². The molecule has 18 heavy (non-hydrogen) atoms. The van der Waals surface area contributed by atoms with Gasteiger partial charge in [0.15, 0.2) is 0 Å². The number of nitrogens with zero attached hydrogens (tertiary/aromatic N) is 1. The minimum atomic E-state index is 0.206. The van der Waals surface area contributed by atoms with Crippen molar-refractivity contribution in [1.82, 2.24) is 4.90 Å². The Hall–Kier alpha value is 0.360. The molecule has 4 heteroatoms. The Morgan fingerprint density at radius 2 is 1.94 bits per heavy atom. The van der Waals surface area contributed by atoms with Crippen LogP contribution in [0.5, 0.6) is 0 Å². The fraction of sp³-hybridized carbons (Fsp3) is 1.00. The summed E-state index contributed by atoms with van der Waals surface area (Å²) in [5.74, 6) is 0. The number of hydrogen-bond acceptors (Lipinski definition) is 3. The largest absolute Gasteiger partial charge is 0.395 e. The van der Waals surface area contributed by atoms with Gasteiger partial charge in [-0.15, -0.1) is 0 Å². The standard InChI is InChI=1S/C14H26BrNO2/c15-11-14(5-3-1-2-4-6-14)12-16-7-8-18-10-13(16)9-17/h13,17H,1-12H2. The Kier molecular flexibility index (Phi) is 5.93. The molecule has 0 aromatic heterocycles. The van der Waals surface area contributed by atoms with Gasteiger partial charge in [0.25, 0.3) is 0 Å². The van der Waals surface area contributed by atoms with Crippen LogP contribution in [0.25, 0.3) is 0 Å². The van der Waals surface area contributed by atoms with E-state index >= 15 is 0 Å². The molecule has 2 fully saturated rings. The molecule has 1 saturated carbocycles. The third-order valence-electron chi connectivity index (χ3n) is 4.55. The molecule has 1 heterocycles. The first-order chi connectivity index (χ1) is 8.79. The van der Waals surface area contributed by atoms with Crippen LogP contribution < -0.4 is 0 Å². The molecule has 2 aliphatic rings. The first kappa shape index (κ1) is 14.8. The van der Waals surface area contributed by atoms with E-state index in [1.54, 1.807) is 0 Å². The summed E-state index contributed by atoms with van der Waals surface area (Å²) in [7, 11) is 0. The summed E-state index contributed by atoms with van der Waals surface area (Å²) in [6, 6.07) is 0.206. The van der Waals surface area contributed by atoms with Gasteiger partial charge in [-0.25, -0.2) is 0 Å². The minimum Gasteiger partial charge on any atom is -0.395 e. The van der Waals surface area contributed by atoms with E-state index in [2.05, 4.69) is 20.8 Å². The summed E-state index contributed by atoms with van der Waals surface area (Å²) < 4.78 is 5.47. The second kappa shape index (κ2) is 7.22. The summed E-state index contributed by atoms with van der Waals surface area (Å²) in [5.41, 5.74) is 0.418. The van der Waals surface area contributed by atoms with E-state index in [4.69, 9.17) is 4.74 Å². The van der Waals surface area contributed by atoms with Crippen LogP contribution in [0.15, 0.2) is 0 Å². The SMILES string of the molecule is OCC1COCCN1CC1(CBr)CCCCCC1. The number of alkyl halides is 1. The highest BCUT2D eigenvalue weighted by atomic mass is 79.9. The first-order valence-corrected chi connectivity index (χ1v) is 8.40. The molecule has 0 aromatic rings. The van der Waals surface area contributed by atoms with Crippen LogP contribution in [0.1, 0.15) is 38.5 Å². The molecule has 3 nitrogen and oxygen atoms in total. The average Bonchev–Trinajstić information content (AvgIpc) is 2.66. The second-order valence-corrected chi connectivity index (χ2v) is 6.49. The maximum absolute atomic E-state index is 9.47. The Bertz CT molecular complexity index is 242. The van der Waals surface area contributed by atoms with Crippen molar-refractivity contribution in [2.24, 2.45) is 5.41 Å². The summed E-state index contributed by atoms with van der Waals surface area (Å²) in [4.78, 5) is 2.45. The highest BCUT2D eigenvalue weighted by Crippen LogP contribution is 2.38.